The Morgan fingerprint density at radius 2 is 1.84 bits per heavy atom. The molecular weight excluding hydrogens is 336 g/mol. The summed E-state index contributed by atoms with van der Waals surface area (Å²) in [4.78, 5) is 19.8. The van der Waals surface area contributed by atoms with Crippen LogP contribution in [0.3, 0.4) is 0 Å². The number of hydrogen-bond acceptors (Lipinski definition) is 6. The fourth-order valence-corrected chi connectivity index (χ4v) is 3.26. The van der Waals surface area contributed by atoms with Gasteiger partial charge in [0, 0.05) is 31.0 Å². The van der Waals surface area contributed by atoms with E-state index in [1.807, 2.05) is 6.92 Å². The van der Waals surface area contributed by atoms with Gasteiger partial charge in [-0.25, -0.2) is 19.9 Å². The molecule has 1 atom stereocenters. The van der Waals surface area contributed by atoms with Crippen molar-refractivity contribution in [3.8, 4) is 11.6 Å². The Kier molecular flexibility index (Phi) is 6.15. The van der Waals surface area contributed by atoms with E-state index in [9.17, 15) is 0 Å². The first-order chi connectivity index (χ1) is 12.1. The van der Waals surface area contributed by atoms with E-state index in [0.717, 1.165) is 24.5 Å². The Bertz CT molecular complexity index is 687. The van der Waals surface area contributed by atoms with E-state index < -0.39 is 0 Å². The number of aromatic nitrogens is 4. The summed E-state index contributed by atoms with van der Waals surface area (Å²) in [5.74, 6) is 2.21. The highest BCUT2D eigenvalue weighted by atomic mass is 35.5. The smallest absolute Gasteiger partial charge is 0.201 e. The molecule has 3 heterocycles. The molecule has 1 fully saturated rings. The van der Waals surface area contributed by atoms with E-state index in [-0.39, 0.29) is 0 Å². The fraction of sp³-hybridized carbons (Fsp3) is 0.556. The van der Waals surface area contributed by atoms with Gasteiger partial charge in [0.15, 0.2) is 5.82 Å². The van der Waals surface area contributed by atoms with E-state index in [1.165, 1.54) is 32.4 Å². The zero-order chi connectivity index (χ0) is 17.6. The van der Waals surface area contributed by atoms with Gasteiger partial charge < -0.3 is 10.2 Å². The van der Waals surface area contributed by atoms with Gasteiger partial charge in [-0.2, -0.15) is 0 Å². The quantitative estimate of drug-likeness (QED) is 0.796. The lowest BCUT2D eigenvalue weighted by Gasteiger charge is -2.29. The third-order valence-corrected chi connectivity index (χ3v) is 4.86. The van der Waals surface area contributed by atoms with E-state index >= 15 is 0 Å². The number of piperidine rings is 1. The van der Waals surface area contributed by atoms with Crippen LogP contribution in [0.25, 0.3) is 11.6 Å². The van der Waals surface area contributed by atoms with Gasteiger partial charge in [-0.3, -0.25) is 0 Å². The second kappa shape index (κ2) is 8.54. The SMILES string of the molecule is Cc1c(Cl)nc(-c2ncccn2)nc1NCC(C)CN1CCCCC1. The number of hydrogen-bond donors (Lipinski definition) is 1. The molecule has 1 aliphatic rings. The van der Waals surface area contributed by atoms with Gasteiger partial charge in [-0.15, -0.1) is 0 Å². The topological polar surface area (TPSA) is 66.8 Å². The maximum absolute atomic E-state index is 6.28. The van der Waals surface area contributed by atoms with E-state index in [2.05, 4.69) is 37.1 Å². The van der Waals surface area contributed by atoms with Crippen molar-refractivity contribution in [3.63, 3.8) is 0 Å². The summed E-state index contributed by atoms with van der Waals surface area (Å²) in [7, 11) is 0. The van der Waals surface area contributed by atoms with E-state index in [1.54, 1.807) is 18.5 Å². The first-order valence-electron chi connectivity index (χ1n) is 8.91. The van der Waals surface area contributed by atoms with Gasteiger partial charge in [0.25, 0.3) is 0 Å². The zero-order valence-corrected chi connectivity index (χ0v) is 15.6. The second-order valence-corrected chi connectivity index (χ2v) is 7.09. The first-order valence-corrected chi connectivity index (χ1v) is 9.29. The lowest BCUT2D eigenvalue weighted by Crippen LogP contribution is -2.35. The van der Waals surface area contributed by atoms with Crippen molar-refractivity contribution in [2.75, 3.05) is 31.5 Å². The molecule has 0 saturated carbocycles. The van der Waals surface area contributed by atoms with Crippen LogP contribution in [0.15, 0.2) is 18.5 Å². The van der Waals surface area contributed by atoms with Crippen molar-refractivity contribution in [1.82, 2.24) is 24.8 Å². The minimum Gasteiger partial charge on any atom is -0.369 e. The highest BCUT2D eigenvalue weighted by Gasteiger charge is 2.16. The van der Waals surface area contributed by atoms with Gasteiger partial charge in [0.2, 0.25) is 5.82 Å². The molecule has 6 nitrogen and oxygen atoms in total. The molecule has 2 aromatic heterocycles. The van der Waals surface area contributed by atoms with Gasteiger partial charge in [-0.1, -0.05) is 24.9 Å². The van der Waals surface area contributed by atoms with Crippen LogP contribution in [0, 0.1) is 12.8 Å². The first kappa shape index (κ1) is 18.0. The maximum atomic E-state index is 6.28. The number of likely N-dealkylation sites (tertiary alicyclic amines) is 1. The molecule has 1 N–H and O–H groups in total. The normalized spacial score (nSPS) is 16.6. The number of nitrogens with one attached hydrogen (secondary N) is 1. The number of nitrogens with zero attached hydrogens (tertiary/aromatic N) is 5. The van der Waals surface area contributed by atoms with Gasteiger partial charge in [0.1, 0.15) is 11.0 Å². The van der Waals surface area contributed by atoms with Crippen molar-refractivity contribution in [2.45, 2.75) is 33.1 Å². The number of rotatable bonds is 6. The Morgan fingerprint density at radius 3 is 2.56 bits per heavy atom. The minimum atomic E-state index is 0.434. The van der Waals surface area contributed by atoms with Crippen molar-refractivity contribution in [1.29, 1.82) is 0 Å². The molecule has 1 saturated heterocycles. The van der Waals surface area contributed by atoms with Crippen LogP contribution in [0.5, 0.6) is 0 Å². The van der Waals surface area contributed by atoms with Crippen molar-refractivity contribution < 1.29 is 0 Å². The standard InChI is InChI=1S/C18H25ClN6/c1-13(12-25-9-4-3-5-10-25)11-22-16-14(2)15(19)23-18(24-16)17-20-7-6-8-21-17/h6-8,13H,3-5,9-12H2,1-2H3,(H,22,23,24). The largest absolute Gasteiger partial charge is 0.369 e. The van der Waals surface area contributed by atoms with Crippen LogP contribution >= 0.6 is 11.6 Å². The molecule has 0 bridgehead atoms. The van der Waals surface area contributed by atoms with Crippen LogP contribution in [-0.2, 0) is 0 Å². The summed E-state index contributed by atoms with van der Waals surface area (Å²) in [6.07, 6.45) is 7.36. The molecule has 2 aromatic rings. The molecule has 0 radical (unpaired) electrons. The minimum absolute atomic E-state index is 0.434. The van der Waals surface area contributed by atoms with Crippen LogP contribution in [0.4, 0.5) is 5.82 Å². The predicted molar refractivity (Wildman–Crippen MR) is 101 cm³/mol. The molecule has 3 rings (SSSR count). The predicted octanol–water partition coefficient (Wildman–Crippen LogP) is 3.43. The third-order valence-electron chi connectivity index (χ3n) is 4.49. The zero-order valence-electron chi connectivity index (χ0n) is 14.9. The Balaban J connectivity index is 1.66. The summed E-state index contributed by atoms with van der Waals surface area (Å²) in [5.41, 5.74) is 0.853. The Hall–Kier alpha value is -1.79. The summed E-state index contributed by atoms with van der Waals surface area (Å²) >= 11 is 6.28. The van der Waals surface area contributed by atoms with E-state index in [0.29, 0.717) is 22.7 Å². The summed E-state index contributed by atoms with van der Waals surface area (Å²) in [6.45, 7) is 8.59. The average Bonchev–Trinajstić information content (AvgIpc) is 2.64. The van der Waals surface area contributed by atoms with Gasteiger partial charge in [0.05, 0.1) is 0 Å². The van der Waals surface area contributed by atoms with Crippen molar-refractivity contribution in [2.24, 2.45) is 5.92 Å². The molecule has 25 heavy (non-hydrogen) atoms. The number of anilines is 1. The van der Waals surface area contributed by atoms with Gasteiger partial charge >= 0.3 is 0 Å². The molecular formula is C18H25ClN6. The average molecular weight is 361 g/mol. The molecule has 7 heteroatoms. The summed E-state index contributed by atoms with van der Waals surface area (Å²) in [5, 5.41) is 3.87. The molecule has 0 aromatic carbocycles. The van der Waals surface area contributed by atoms with Gasteiger partial charge in [-0.05, 0) is 44.8 Å². The third kappa shape index (κ3) is 4.86. The van der Waals surface area contributed by atoms with Crippen LogP contribution in [0.1, 0.15) is 31.7 Å². The van der Waals surface area contributed by atoms with Crippen LogP contribution < -0.4 is 5.32 Å². The molecule has 0 amide bonds. The van der Waals surface area contributed by atoms with Crippen molar-refractivity contribution >= 4 is 17.4 Å². The van der Waals surface area contributed by atoms with E-state index in [4.69, 9.17) is 11.6 Å². The lowest BCUT2D eigenvalue weighted by molar-refractivity contribution is 0.204. The highest BCUT2D eigenvalue weighted by molar-refractivity contribution is 6.30. The second-order valence-electron chi connectivity index (χ2n) is 6.73. The highest BCUT2D eigenvalue weighted by Crippen LogP contribution is 2.23. The van der Waals surface area contributed by atoms with Crippen LogP contribution in [0.2, 0.25) is 5.15 Å². The summed E-state index contributed by atoms with van der Waals surface area (Å²) in [6, 6.07) is 1.76. The van der Waals surface area contributed by atoms with Crippen LogP contribution in [-0.4, -0.2) is 51.0 Å². The number of halogens is 1. The molecule has 1 aliphatic heterocycles. The maximum Gasteiger partial charge on any atom is 0.201 e. The Morgan fingerprint density at radius 1 is 1.12 bits per heavy atom. The molecule has 1 unspecified atom stereocenters. The fourth-order valence-electron chi connectivity index (χ4n) is 3.09. The Labute approximate surface area is 154 Å². The monoisotopic (exact) mass is 360 g/mol. The molecule has 0 aliphatic carbocycles. The van der Waals surface area contributed by atoms with Crippen molar-refractivity contribution in [3.05, 3.63) is 29.2 Å². The molecule has 134 valence electrons. The summed E-state index contributed by atoms with van der Waals surface area (Å²) < 4.78 is 0. The lowest BCUT2D eigenvalue weighted by atomic mass is 10.1. The molecule has 0 spiro atoms.